The molecule has 1 aromatic carbocycles. The molecular weight excluding hydrogens is 415 g/mol. The Morgan fingerprint density at radius 3 is 2.64 bits per heavy atom. The number of amides is 1. The van der Waals surface area contributed by atoms with Crippen LogP contribution in [0.1, 0.15) is 31.2 Å². The summed E-state index contributed by atoms with van der Waals surface area (Å²) in [5.74, 6) is 0.986. The molecule has 0 saturated carbocycles. The van der Waals surface area contributed by atoms with Crippen molar-refractivity contribution in [3.05, 3.63) is 29.3 Å². The lowest BCUT2D eigenvalue weighted by Crippen LogP contribution is -2.48. The molecule has 0 aliphatic carbocycles. The number of piperidine rings is 1. The molecule has 1 fully saturated rings. The summed E-state index contributed by atoms with van der Waals surface area (Å²) < 4.78 is 1.18. The van der Waals surface area contributed by atoms with E-state index in [1.54, 1.807) is 11.3 Å². The van der Waals surface area contributed by atoms with Crippen LogP contribution in [0.3, 0.4) is 0 Å². The molecule has 2 heterocycles. The third kappa shape index (κ3) is 6.29. The summed E-state index contributed by atoms with van der Waals surface area (Å²) in [6.45, 7) is 5.77. The van der Waals surface area contributed by atoms with Crippen molar-refractivity contribution in [3.63, 3.8) is 0 Å². The van der Waals surface area contributed by atoms with Gasteiger partial charge in [-0.05, 0) is 70.9 Å². The van der Waals surface area contributed by atoms with Gasteiger partial charge in [-0.3, -0.25) is 9.69 Å². The van der Waals surface area contributed by atoms with E-state index in [2.05, 4.69) is 21.3 Å². The van der Waals surface area contributed by atoms with Crippen molar-refractivity contribution < 1.29 is 4.79 Å². The van der Waals surface area contributed by atoms with Gasteiger partial charge in [0.05, 0.1) is 22.8 Å². The second-order valence-electron chi connectivity index (χ2n) is 7.32. The van der Waals surface area contributed by atoms with Crippen molar-refractivity contribution in [1.82, 2.24) is 20.1 Å². The van der Waals surface area contributed by atoms with Crippen LogP contribution in [0.15, 0.2) is 24.3 Å². The van der Waals surface area contributed by atoms with Crippen molar-refractivity contribution >= 4 is 52.3 Å². The van der Waals surface area contributed by atoms with Gasteiger partial charge >= 0.3 is 0 Å². The summed E-state index contributed by atoms with van der Waals surface area (Å²) >= 11 is 1.67. The van der Waals surface area contributed by atoms with E-state index >= 15 is 0 Å². The highest BCUT2D eigenvalue weighted by Gasteiger charge is 2.28. The molecule has 8 heteroatoms. The average Bonchev–Trinajstić information content (AvgIpc) is 3.07. The van der Waals surface area contributed by atoms with Crippen LogP contribution in [-0.4, -0.2) is 60.5 Å². The van der Waals surface area contributed by atoms with Crippen LogP contribution in [0.5, 0.6) is 0 Å². The normalized spacial score (nSPS) is 16.2. The van der Waals surface area contributed by atoms with Gasteiger partial charge in [-0.2, -0.15) is 0 Å². The number of hydrogen-bond donors (Lipinski definition) is 1. The Labute approximate surface area is 184 Å². The van der Waals surface area contributed by atoms with Crippen molar-refractivity contribution in [2.24, 2.45) is 5.92 Å². The number of fused-ring (bicyclic) bond motifs is 1. The zero-order valence-electron chi connectivity index (χ0n) is 16.9. The summed E-state index contributed by atoms with van der Waals surface area (Å²) in [7, 11) is 3.90. The number of nitrogens with zero attached hydrogens (tertiary/aromatic N) is 3. The molecule has 1 saturated heterocycles. The fourth-order valence-corrected chi connectivity index (χ4v) is 4.74. The molecule has 0 spiro atoms. The van der Waals surface area contributed by atoms with Gasteiger partial charge in [0, 0.05) is 7.05 Å². The zero-order chi connectivity index (χ0) is 18.5. The number of halogens is 2. The largest absolute Gasteiger partial charge is 0.338 e. The fourth-order valence-electron chi connectivity index (χ4n) is 3.72. The highest BCUT2D eigenvalue weighted by Crippen LogP contribution is 2.24. The fraction of sp³-hybridized carbons (Fsp3) is 0.600. The first kappa shape index (κ1) is 25.1. The Morgan fingerprint density at radius 1 is 1.32 bits per heavy atom. The molecule has 3 rings (SSSR count). The van der Waals surface area contributed by atoms with E-state index in [-0.39, 0.29) is 36.8 Å². The Bertz CT molecular complexity index is 701. The first-order valence-corrected chi connectivity index (χ1v) is 10.4. The molecule has 1 amide bonds. The quantitative estimate of drug-likeness (QED) is 0.702. The Kier molecular flexibility index (Phi) is 10.7. The number of aromatic nitrogens is 1. The van der Waals surface area contributed by atoms with E-state index in [1.807, 2.05) is 44.1 Å². The van der Waals surface area contributed by atoms with Crippen molar-refractivity contribution in [1.29, 1.82) is 0 Å². The lowest BCUT2D eigenvalue weighted by atomic mass is 9.92. The number of carbonyl (C=O) groups is 1. The summed E-state index contributed by atoms with van der Waals surface area (Å²) in [5.41, 5.74) is 1.02. The van der Waals surface area contributed by atoms with E-state index in [4.69, 9.17) is 0 Å². The van der Waals surface area contributed by atoms with Crippen LogP contribution < -0.4 is 5.32 Å². The molecular formula is C20H32Cl2N4OS. The molecule has 1 aliphatic heterocycles. The summed E-state index contributed by atoms with van der Waals surface area (Å²) in [4.78, 5) is 21.7. The van der Waals surface area contributed by atoms with Crippen molar-refractivity contribution in [2.45, 2.75) is 38.8 Å². The van der Waals surface area contributed by atoms with Crippen molar-refractivity contribution in [2.75, 3.05) is 33.7 Å². The Balaban J connectivity index is 0.00000196. The third-order valence-electron chi connectivity index (χ3n) is 5.44. The second-order valence-corrected chi connectivity index (χ2v) is 8.43. The maximum absolute atomic E-state index is 12.9. The van der Waals surface area contributed by atoms with Gasteiger partial charge in [-0.1, -0.05) is 12.1 Å². The first-order valence-electron chi connectivity index (χ1n) is 9.56. The standard InChI is InChI=1S/C20H30N4OS.2ClH/c1-15(24-12-9-16(10-13-24)8-11-21-2)20(25)23(3)14-19-22-17-6-4-5-7-18(17)26-19;;/h4-7,15-16,21H,8-14H2,1-3H3;2*1H. The Morgan fingerprint density at radius 2 is 2.00 bits per heavy atom. The predicted molar refractivity (Wildman–Crippen MR) is 123 cm³/mol. The van der Waals surface area contributed by atoms with Crippen LogP contribution in [-0.2, 0) is 11.3 Å². The second kappa shape index (κ2) is 11.9. The maximum Gasteiger partial charge on any atom is 0.239 e. The minimum absolute atomic E-state index is 0. The molecule has 1 unspecified atom stereocenters. The molecule has 0 bridgehead atoms. The van der Waals surface area contributed by atoms with Gasteiger partial charge in [0.25, 0.3) is 0 Å². The van der Waals surface area contributed by atoms with Gasteiger partial charge in [-0.15, -0.1) is 36.2 Å². The number of carbonyl (C=O) groups excluding carboxylic acids is 1. The van der Waals surface area contributed by atoms with E-state index < -0.39 is 0 Å². The van der Waals surface area contributed by atoms with Gasteiger partial charge in [0.2, 0.25) is 5.91 Å². The van der Waals surface area contributed by atoms with E-state index in [0.717, 1.165) is 36.1 Å². The van der Waals surface area contributed by atoms with E-state index in [9.17, 15) is 4.79 Å². The lowest BCUT2D eigenvalue weighted by molar-refractivity contribution is -0.136. The number of hydrogen-bond acceptors (Lipinski definition) is 5. The zero-order valence-corrected chi connectivity index (χ0v) is 19.3. The number of para-hydroxylation sites is 1. The minimum atomic E-state index is -0.0559. The lowest BCUT2D eigenvalue weighted by Gasteiger charge is -2.36. The molecule has 5 nitrogen and oxygen atoms in total. The highest BCUT2D eigenvalue weighted by molar-refractivity contribution is 7.18. The van der Waals surface area contributed by atoms with Crippen LogP contribution in [0.25, 0.3) is 10.2 Å². The summed E-state index contributed by atoms with van der Waals surface area (Å²) in [6.07, 6.45) is 3.63. The summed E-state index contributed by atoms with van der Waals surface area (Å²) in [6, 6.07) is 8.08. The predicted octanol–water partition coefficient (Wildman–Crippen LogP) is 3.81. The molecule has 28 heavy (non-hydrogen) atoms. The van der Waals surface area contributed by atoms with Crippen LogP contribution in [0.2, 0.25) is 0 Å². The molecule has 1 aromatic heterocycles. The maximum atomic E-state index is 12.9. The van der Waals surface area contributed by atoms with Gasteiger partial charge in [-0.25, -0.2) is 4.98 Å². The highest BCUT2D eigenvalue weighted by atomic mass is 35.5. The van der Waals surface area contributed by atoms with E-state index in [0.29, 0.717) is 6.54 Å². The number of nitrogens with one attached hydrogen (secondary N) is 1. The SMILES string of the molecule is CNCCC1CCN(C(C)C(=O)N(C)Cc2nc3ccccc3s2)CC1.Cl.Cl. The molecule has 2 aromatic rings. The molecule has 1 atom stereocenters. The van der Waals surface area contributed by atoms with E-state index in [1.165, 1.54) is 24.0 Å². The molecule has 1 aliphatic rings. The first-order chi connectivity index (χ1) is 12.6. The average molecular weight is 447 g/mol. The number of thiazole rings is 1. The number of likely N-dealkylation sites (N-methyl/N-ethyl adjacent to an activating group) is 1. The van der Waals surface area contributed by atoms with Gasteiger partial charge in [0.1, 0.15) is 5.01 Å². The number of benzene rings is 1. The van der Waals surface area contributed by atoms with Gasteiger partial charge < -0.3 is 10.2 Å². The molecule has 158 valence electrons. The third-order valence-corrected chi connectivity index (χ3v) is 6.46. The Hall–Kier alpha value is -0.920. The smallest absolute Gasteiger partial charge is 0.239 e. The minimum Gasteiger partial charge on any atom is -0.338 e. The van der Waals surface area contributed by atoms with Crippen molar-refractivity contribution in [3.8, 4) is 0 Å². The monoisotopic (exact) mass is 446 g/mol. The number of likely N-dealkylation sites (tertiary alicyclic amines) is 1. The van der Waals surface area contributed by atoms with Crippen LogP contribution >= 0.6 is 36.2 Å². The van der Waals surface area contributed by atoms with Gasteiger partial charge in [0.15, 0.2) is 0 Å². The summed E-state index contributed by atoms with van der Waals surface area (Å²) in [5, 5.41) is 4.24. The topological polar surface area (TPSA) is 48.5 Å². The molecule has 1 N–H and O–H groups in total. The van der Waals surface area contributed by atoms with Crippen LogP contribution in [0.4, 0.5) is 0 Å². The van der Waals surface area contributed by atoms with Crippen LogP contribution in [0, 0.1) is 5.92 Å². The number of rotatable bonds is 7. The molecule has 0 radical (unpaired) electrons.